The lowest BCUT2D eigenvalue weighted by atomic mass is 10.0. The van der Waals surface area contributed by atoms with Crippen molar-refractivity contribution in [3.05, 3.63) is 23.9 Å². The molecule has 1 aliphatic rings. The van der Waals surface area contributed by atoms with Crippen molar-refractivity contribution >= 4 is 17.8 Å². The number of amides is 2. The molecule has 138 valence electrons. The molecule has 1 saturated heterocycles. The summed E-state index contributed by atoms with van der Waals surface area (Å²) in [6.45, 7) is 11.7. The minimum atomic E-state index is -0.585. The second-order valence-corrected chi connectivity index (χ2v) is 7.73. The minimum absolute atomic E-state index is 0.0469. The SMILES string of the molecule is CC(=O)N1CCC[C@@H]1c1cccnc1N(C(=O)OC(C)(C)C)C(C)C. The molecule has 2 heterocycles. The highest BCUT2D eigenvalue weighted by Crippen LogP contribution is 2.37. The summed E-state index contributed by atoms with van der Waals surface area (Å²) < 4.78 is 5.57. The van der Waals surface area contributed by atoms with Crippen LogP contribution in [0.2, 0.25) is 0 Å². The molecule has 6 heteroatoms. The molecule has 0 radical (unpaired) electrons. The molecule has 2 rings (SSSR count). The maximum Gasteiger partial charge on any atom is 0.416 e. The number of anilines is 1. The summed E-state index contributed by atoms with van der Waals surface area (Å²) in [5.74, 6) is 0.621. The predicted octanol–water partition coefficient (Wildman–Crippen LogP) is 3.91. The number of pyridine rings is 1. The van der Waals surface area contributed by atoms with Crippen LogP contribution in [0.3, 0.4) is 0 Å². The average Bonchev–Trinajstić information content (AvgIpc) is 2.95. The lowest BCUT2D eigenvalue weighted by Crippen LogP contribution is -2.42. The van der Waals surface area contributed by atoms with E-state index in [-0.39, 0.29) is 18.0 Å². The van der Waals surface area contributed by atoms with Crippen LogP contribution in [0, 0.1) is 0 Å². The van der Waals surface area contributed by atoms with E-state index >= 15 is 0 Å². The van der Waals surface area contributed by atoms with Crippen LogP contribution in [-0.4, -0.2) is 40.1 Å². The summed E-state index contributed by atoms with van der Waals surface area (Å²) in [6.07, 6.45) is 3.08. The van der Waals surface area contributed by atoms with E-state index in [1.54, 1.807) is 18.0 Å². The fourth-order valence-corrected chi connectivity index (χ4v) is 3.19. The van der Waals surface area contributed by atoms with Gasteiger partial charge in [0.15, 0.2) is 0 Å². The molecule has 0 N–H and O–H groups in total. The standard InChI is InChI=1S/C19H29N3O3/c1-13(2)22(18(24)25-19(4,5)6)17-15(9-7-11-20-17)16-10-8-12-21(16)14(3)23/h7,9,11,13,16H,8,10,12H2,1-6H3/t16-/m1/s1. The molecule has 0 aliphatic carbocycles. The number of likely N-dealkylation sites (tertiary alicyclic amines) is 1. The van der Waals surface area contributed by atoms with Crippen molar-refractivity contribution in [3.8, 4) is 0 Å². The number of ether oxygens (including phenoxy) is 1. The van der Waals surface area contributed by atoms with Crippen LogP contribution >= 0.6 is 0 Å². The first-order chi connectivity index (χ1) is 11.6. The Kier molecular flexibility index (Phi) is 5.70. The fourth-order valence-electron chi connectivity index (χ4n) is 3.19. The molecule has 25 heavy (non-hydrogen) atoms. The number of nitrogens with zero attached hydrogens (tertiary/aromatic N) is 3. The number of hydrogen-bond donors (Lipinski definition) is 0. The van der Waals surface area contributed by atoms with Gasteiger partial charge in [0, 0.05) is 31.3 Å². The first kappa shape index (κ1) is 19.2. The van der Waals surface area contributed by atoms with E-state index in [1.807, 2.05) is 51.7 Å². The van der Waals surface area contributed by atoms with Crippen LogP contribution in [0.4, 0.5) is 10.6 Å². The molecule has 1 atom stereocenters. The quantitative estimate of drug-likeness (QED) is 0.831. The number of hydrogen-bond acceptors (Lipinski definition) is 4. The molecular formula is C19H29N3O3. The lowest BCUT2D eigenvalue weighted by molar-refractivity contribution is -0.129. The maximum atomic E-state index is 12.8. The Hall–Kier alpha value is -2.11. The third-order valence-corrected chi connectivity index (χ3v) is 4.17. The number of carbonyl (C=O) groups is 2. The van der Waals surface area contributed by atoms with Crippen molar-refractivity contribution in [2.75, 3.05) is 11.4 Å². The van der Waals surface area contributed by atoms with Crippen molar-refractivity contribution < 1.29 is 14.3 Å². The van der Waals surface area contributed by atoms with Gasteiger partial charge in [-0.15, -0.1) is 0 Å². The molecular weight excluding hydrogens is 318 g/mol. The highest BCUT2D eigenvalue weighted by Gasteiger charge is 2.34. The minimum Gasteiger partial charge on any atom is -0.443 e. The third kappa shape index (κ3) is 4.50. The van der Waals surface area contributed by atoms with E-state index in [9.17, 15) is 9.59 Å². The zero-order chi connectivity index (χ0) is 18.8. The van der Waals surface area contributed by atoms with Crippen LogP contribution in [0.15, 0.2) is 18.3 Å². The van der Waals surface area contributed by atoms with E-state index in [0.717, 1.165) is 24.9 Å². The van der Waals surface area contributed by atoms with Gasteiger partial charge in [0.2, 0.25) is 5.91 Å². The Morgan fingerprint density at radius 1 is 1.36 bits per heavy atom. The van der Waals surface area contributed by atoms with Gasteiger partial charge < -0.3 is 9.64 Å². The first-order valence-corrected chi connectivity index (χ1v) is 8.86. The molecule has 1 aromatic rings. The molecule has 6 nitrogen and oxygen atoms in total. The predicted molar refractivity (Wildman–Crippen MR) is 97.4 cm³/mol. The van der Waals surface area contributed by atoms with Crippen molar-refractivity contribution in [2.24, 2.45) is 0 Å². The van der Waals surface area contributed by atoms with Crippen molar-refractivity contribution in [1.29, 1.82) is 0 Å². The smallest absolute Gasteiger partial charge is 0.416 e. The molecule has 2 amide bonds. The van der Waals surface area contributed by atoms with Gasteiger partial charge in [-0.1, -0.05) is 6.07 Å². The third-order valence-electron chi connectivity index (χ3n) is 4.17. The largest absolute Gasteiger partial charge is 0.443 e. The summed E-state index contributed by atoms with van der Waals surface area (Å²) in [5.41, 5.74) is 0.313. The van der Waals surface area contributed by atoms with Gasteiger partial charge in [0.05, 0.1) is 6.04 Å². The molecule has 0 aromatic carbocycles. The van der Waals surface area contributed by atoms with Gasteiger partial charge in [-0.25, -0.2) is 9.78 Å². The number of rotatable bonds is 3. The summed E-state index contributed by atoms with van der Waals surface area (Å²) in [4.78, 5) is 32.6. The summed E-state index contributed by atoms with van der Waals surface area (Å²) >= 11 is 0. The second kappa shape index (κ2) is 7.42. The number of carbonyl (C=O) groups excluding carboxylic acids is 2. The fraction of sp³-hybridized carbons (Fsp3) is 0.632. The zero-order valence-electron chi connectivity index (χ0n) is 16.1. The van der Waals surface area contributed by atoms with Crippen LogP contribution in [-0.2, 0) is 9.53 Å². The van der Waals surface area contributed by atoms with Gasteiger partial charge in [0.25, 0.3) is 0 Å². The van der Waals surface area contributed by atoms with E-state index < -0.39 is 11.7 Å². The van der Waals surface area contributed by atoms with Gasteiger partial charge in [-0.3, -0.25) is 9.69 Å². The van der Waals surface area contributed by atoms with Gasteiger partial charge in [-0.05, 0) is 53.5 Å². The Morgan fingerprint density at radius 3 is 2.60 bits per heavy atom. The number of aromatic nitrogens is 1. The Labute approximate surface area is 150 Å². The average molecular weight is 347 g/mol. The van der Waals surface area contributed by atoms with Crippen molar-refractivity contribution in [3.63, 3.8) is 0 Å². The van der Waals surface area contributed by atoms with Gasteiger partial charge in [-0.2, -0.15) is 0 Å². The molecule has 0 spiro atoms. The second-order valence-electron chi connectivity index (χ2n) is 7.73. The normalized spacial score (nSPS) is 17.7. The van der Waals surface area contributed by atoms with Crippen LogP contribution in [0.5, 0.6) is 0 Å². The Morgan fingerprint density at radius 2 is 2.04 bits per heavy atom. The Balaban J connectivity index is 2.43. The lowest BCUT2D eigenvalue weighted by Gasteiger charge is -2.32. The highest BCUT2D eigenvalue weighted by atomic mass is 16.6. The maximum absolute atomic E-state index is 12.8. The van der Waals surface area contributed by atoms with Crippen LogP contribution < -0.4 is 4.90 Å². The zero-order valence-corrected chi connectivity index (χ0v) is 16.1. The van der Waals surface area contributed by atoms with Crippen molar-refractivity contribution in [2.45, 2.75) is 72.1 Å². The molecule has 1 aromatic heterocycles. The molecule has 1 aliphatic heterocycles. The Bertz CT molecular complexity index is 637. The van der Waals surface area contributed by atoms with E-state index in [2.05, 4.69) is 4.98 Å². The molecule has 0 saturated carbocycles. The highest BCUT2D eigenvalue weighted by molar-refractivity contribution is 5.88. The summed E-state index contributed by atoms with van der Waals surface area (Å²) in [5, 5.41) is 0. The van der Waals surface area contributed by atoms with E-state index in [1.165, 1.54) is 0 Å². The topological polar surface area (TPSA) is 62.7 Å². The molecule has 0 unspecified atom stereocenters. The molecule has 0 bridgehead atoms. The summed E-state index contributed by atoms with van der Waals surface area (Å²) in [6, 6.07) is 3.64. The van der Waals surface area contributed by atoms with E-state index in [0.29, 0.717) is 5.82 Å². The van der Waals surface area contributed by atoms with Gasteiger partial charge in [0.1, 0.15) is 11.4 Å². The van der Waals surface area contributed by atoms with E-state index in [4.69, 9.17) is 4.74 Å². The monoisotopic (exact) mass is 347 g/mol. The van der Waals surface area contributed by atoms with Crippen LogP contribution in [0.25, 0.3) is 0 Å². The molecule has 1 fully saturated rings. The van der Waals surface area contributed by atoms with Crippen molar-refractivity contribution in [1.82, 2.24) is 9.88 Å². The van der Waals surface area contributed by atoms with Gasteiger partial charge >= 0.3 is 6.09 Å². The first-order valence-electron chi connectivity index (χ1n) is 8.86. The summed E-state index contributed by atoms with van der Waals surface area (Å²) in [7, 11) is 0. The van der Waals surface area contributed by atoms with Crippen LogP contribution in [0.1, 0.15) is 66.0 Å².